The van der Waals surface area contributed by atoms with Gasteiger partial charge in [0.1, 0.15) is 0 Å². The van der Waals surface area contributed by atoms with E-state index in [1.54, 1.807) is 18.2 Å². The first-order valence-electron chi connectivity index (χ1n) is 5.97. The summed E-state index contributed by atoms with van der Waals surface area (Å²) in [7, 11) is 0. The van der Waals surface area contributed by atoms with Crippen molar-refractivity contribution in [2.75, 3.05) is 0 Å². The van der Waals surface area contributed by atoms with Gasteiger partial charge in [-0.1, -0.05) is 39.0 Å². The molecular formula is C14H20KNO4. The number of carbonyl (C=O) groups is 2. The molecule has 1 aromatic rings. The number of nitrogens with two attached hydrogens (primary N) is 1. The monoisotopic (exact) mass is 305 g/mol. The molecule has 0 atom stereocenters. The molecule has 0 amide bonds. The van der Waals surface area contributed by atoms with E-state index in [0.29, 0.717) is 5.56 Å². The van der Waals surface area contributed by atoms with Gasteiger partial charge in [0.25, 0.3) is 0 Å². The van der Waals surface area contributed by atoms with Crippen molar-refractivity contribution < 1.29 is 19.8 Å². The molecule has 0 aliphatic heterocycles. The van der Waals surface area contributed by atoms with E-state index in [1.165, 1.54) is 0 Å². The molecule has 0 bridgehead atoms. The van der Waals surface area contributed by atoms with Crippen LogP contribution in [0, 0.1) is 0 Å². The van der Waals surface area contributed by atoms with Crippen molar-refractivity contribution in [3.63, 3.8) is 0 Å². The molecule has 1 aromatic carbocycles. The Morgan fingerprint density at radius 1 is 1.20 bits per heavy atom. The molecular weight excluding hydrogens is 285 g/mol. The van der Waals surface area contributed by atoms with Gasteiger partial charge in [-0.05, 0) is 22.1 Å². The van der Waals surface area contributed by atoms with E-state index in [2.05, 4.69) is 0 Å². The minimum absolute atomic E-state index is 0. The number of hydrogen-bond donors (Lipinski definition) is 3. The second-order valence-corrected chi connectivity index (χ2v) is 5.48. The second kappa shape index (κ2) is 7.68. The van der Waals surface area contributed by atoms with Gasteiger partial charge in [0.15, 0.2) is 5.92 Å². The Morgan fingerprint density at radius 3 is 2.05 bits per heavy atom. The number of carboxylic acids is 2. The van der Waals surface area contributed by atoms with Crippen LogP contribution in [0.5, 0.6) is 0 Å². The summed E-state index contributed by atoms with van der Waals surface area (Å²) in [6.45, 7) is 6.17. The third-order valence-corrected chi connectivity index (χ3v) is 3.03. The maximum atomic E-state index is 11.1. The van der Waals surface area contributed by atoms with Gasteiger partial charge in [0.2, 0.25) is 0 Å². The van der Waals surface area contributed by atoms with Crippen LogP contribution in [0.2, 0.25) is 0 Å². The molecule has 5 nitrogen and oxygen atoms in total. The summed E-state index contributed by atoms with van der Waals surface area (Å²) in [5, 5.41) is 18.0. The molecule has 1 rings (SSSR count). The number of aliphatic carboxylic acids is 2. The van der Waals surface area contributed by atoms with Gasteiger partial charge in [-0.15, -0.1) is 0 Å². The van der Waals surface area contributed by atoms with Crippen LogP contribution < -0.4 is 5.73 Å². The van der Waals surface area contributed by atoms with Crippen LogP contribution in [0.1, 0.15) is 43.4 Å². The van der Waals surface area contributed by atoms with Crippen molar-refractivity contribution in [1.82, 2.24) is 0 Å². The summed E-state index contributed by atoms with van der Waals surface area (Å²) in [4.78, 5) is 22.1. The third-order valence-electron chi connectivity index (χ3n) is 3.03. The number of hydrogen-bond acceptors (Lipinski definition) is 3. The normalized spacial score (nSPS) is 11.1. The van der Waals surface area contributed by atoms with Gasteiger partial charge in [0, 0.05) is 6.54 Å². The van der Waals surface area contributed by atoms with Gasteiger partial charge in [0.05, 0.1) is 0 Å². The van der Waals surface area contributed by atoms with Crippen LogP contribution in [0.3, 0.4) is 0 Å². The van der Waals surface area contributed by atoms with Crippen LogP contribution in [-0.2, 0) is 21.5 Å². The zero-order valence-corrected chi connectivity index (χ0v) is 11.3. The molecule has 0 unspecified atom stereocenters. The SMILES string of the molecule is CC(C)(C)c1ccc(C(C(=O)O)C(=O)O)c(CN)c1.[KH]. The summed E-state index contributed by atoms with van der Waals surface area (Å²) >= 11 is 0. The van der Waals surface area contributed by atoms with Crippen LogP contribution in [0.4, 0.5) is 0 Å². The Balaban J connectivity index is 0.00000361. The molecule has 0 aliphatic rings. The molecule has 0 spiro atoms. The first-order chi connectivity index (χ1) is 8.68. The fourth-order valence-electron chi connectivity index (χ4n) is 1.90. The predicted octanol–water partition coefficient (Wildman–Crippen LogP) is 1.05. The number of benzene rings is 1. The molecule has 20 heavy (non-hydrogen) atoms. The second-order valence-electron chi connectivity index (χ2n) is 5.48. The molecule has 0 saturated heterocycles. The van der Waals surface area contributed by atoms with E-state index < -0.39 is 17.9 Å². The van der Waals surface area contributed by atoms with Crippen LogP contribution in [0.15, 0.2) is 18.2 Å². The van der Waals surface area contributed by atoms with Crippen molar-refractivity contribution in [3.8, 4) is 0 Å². The maximum absolute atomic E-state index is 11.1. The fraction of sp³-hybridized carbons (Fsp3) is 0.429. The van der Waals surface area contributed by atoms with Gasteiger partial charge in [-0.3, -0.25) is 9.59 Å². The molecule has 106 valence electrons. The third kappa shape index (κ3) is 4.65. The Hall–Kier alpha value is -0.244. The van der Waals surface area contributed by atoms with Crippen molar-refractivity contribution in [1.29, 1.82) is 0 Å². The molecule has 0 aromatic heterocycles. The summed E-state index contributed by atoms with van der Waals surface area (Å²) in [5.74, 6) is -4.34. The van der Waals surface area contributed by atoms with Crippen LogP contribution >= 0.6 is 0 Å². The van der Waals surface area contributed by atoms with E-state index in [-0.39, 0.29) is 68.9 Å². The summed E-state index contributed by atoms with van der Waals surface area (Å²) in [6, 6.07) is 5.09. The molecule has 0 fully saturated rings. The summed E-state index contributed by atoms with van der Waals surface area (Å²) in [6.07, 6.45) is 0. The van der Waals surface area contributed by atoms with E-state index in [0.717, 1.165) is 5.56 Å². The number of rotatable bonds is 4. The van der Waals surface area contributed by atoms with E-state index in [4.69, 9.17) is 15.9 Å². The Bertz CT molecular complexity index is 494. The molecule has 6 heteroatoms. The Kier molecular flexibility index (Phi) is 7.58. The molecule has 0 aliphatic carbocycles. The molecule has 0 heterocycles. The average molecular weight is 305 g/mol. The molecule has 0 saturated carbocycles. The van der Waals surface area contributed by atoms with E-state index >= 15 is 0 Å². The van der Waals surface area contributed by atoms with Gasteiger partial charge < -0.3 is 15.9 Å². The van der Waals surface area contributed by atoms with Gasteiger partial charge in [-0.2, -0.15) is 0 Å². The van der Waals surface area contributed by atoms with Crippen LogP contribution in [-0.4, -0.2) is 73.5 Å². The average Bonchev–Trinajstić information content (AvgIpc) is 2.27. The standard InChI is InChI=1S/C14H19NO4.K.H/c1-14(2,3)9-4-5-10(8(6-9)7-15)11(12(16)17)13(18)19;;/h4-6,11H,7,15H2,1-3H3,(H,16,17)(H,18,19);;. The Morgan fingerprint density at radius 2 is 1.70 bits per heavy atom. The molecule has 4 N–H and O–H groups in total. The van der Waals surface area contributed by atoms with Gasteiger partial charge >= 0.3 is 63.3 Å². The zero-order chi connectivity index (χ0) is 14.8. The number of carboxylic acid groups (broad SMARTS) is 2. The van der Waals surface area contributed by atoms with E-state index in [1.807, 2.05) is 20.8 Å². The topological polar surface area (TPSA) is 101 Å². The fourth-order valence-corrected chi connectivity index (χ4v) is 1.90. The first-order valence-corrected chi connectivity index (χ1v) is 5.97. The first kappa shape index (κ1) is 19.8. The predicted molar refractivity (Wildman–Crippen MR) is 78.2 cm³/mol. The van der Waals surface area contributed by atoms with Crippen molar-refractivity contribution in [2.24, 2.45) is 5.73 Å². The quantitative estimate of drug-likeness (QED) is 0.570. The van der Waals surface area contributed by atoms with Gasteiger partial charge in [-0.25, -0.2) is 0 Å². The van der Waals surface area contributed by atoms with Crippen LogP contribution in [0.25, 0.3) is 0 Å². The summed E-state index contributed by atoms with van der Waals surface area (Å²) in [5.41, 5.74) is 7.30. The molecule has 0 radical (unpaired) electrons. The van der Waals surface area contributed by atoms with E-state index in [9.17, 15) is 9.59 Å². The Labute approximate surface area is 161 Å². The zero-order valence-electron chi connectivity index (χ0n) is 11.3. The summed E-state index contributed by atoms with van der Waals surface area (Å²) < 4.78 is 0. The minimum atomic E-state index is -1.58. The van der Waals surface area contributed by atoms with Crippen molar-refractivity contribution in [3.05, 3.63) is 34.9 Å². The van der Waals surface area contributed by atoms with Crippen molar-refractivity contribution >= 4 is 63.3 Å². The van der Waals surface area contributed by atoms with Crippen molar-refractivity contribution in [2.45, 2.75) is 38.6 Å².